The first kappa shape index (κ1) is 12.8. The summed E-state index contributed by atoms with van der Waals surface area (Å²) < 4.78 is 0. The van der Waals surface area contributed by atoms with Crippen LogP contribution in [0, 0.1) is 5.92 Å². The van der Waals surface area contributed by atoms with Crippen LogP contribution >= 0.6 is 0 Å². The van der Waals surface area contributed by atoms with Crippen LogP contribution in [0.15, 0.2) is 0 Å². The molecule has 3 atom stereocenters. The van der Waals surface area contributed by atoms with Crippen LogP contribution in [0.5, 0.6) is 0 Å². The molecule has 0 spiro atoms. The molecule has 1 aliphatic carbocycles. The quantitative estimate of drug-likeness (QED) is 0.743. The maximum atomic E-state index is 11.9. The molecular weight excluding hydrogens is 214 g/mol. The monoisotopic (exact) mass is 239 g/mol. The highest BCUT2D eigenvalue weighted by molar-refractivity contribution is 5.82. The third kappa shape index (κ3) is 3.19. The second-order valence-corrected chi connectivity index (χ2v) is 5.63. The van der Waals surface area contributed by atoms with Crippen molar-refractivity contribution in [3.8, 4) is 0 Å². The summed E-state index contributed by atoms with van der Waals surface area (Å²) in [6.45, 7) is 6.26. The van der Waals surface area contributed by atoms with Gasteiger partial charge in [-0.25, -0.2) is 0 Å². The Balaban J connectivity index is 1.75. The van der Waals surface area contributed by atoms with Crippen LogP contribution in [0.3, 0.4) is 0 Å². The Labute approximate surface area is 104 Å². The van der Waals surface area contributed by atoms with E-state index >= 15 is 0 Å². The molecule has 0 aromatic carbocycles. The van der Waals surface area contributed by atoms with Gasteiger partial charge in [0.1, 0.15) is 0 Å². The van der Waals surface area contributed by atoms with E-state index in [1.165, 1.54) is 12.8 Å². The second-order valence-electron chi connectivity index (χ2n) is 5.63. The summed E-state index contributed by atoms with van der Waals surface area (Å²) in [6.07, 6.45) is 4.71. The third-order valence-electron chi connectivity index (χ3n) is 4.19. The third-order valence-corrected chi connectivity index (χ3v) is 4.19. The highest BCUT2D eigenvalue weighted by Gasteiger charge is 2.35. The fourth-order valence-corrected chi connectivity index (χ4v) is 2.49. The number of hydrogen-bond acceptors (Lipinski definition) is 3. The molecule has 0 radical (unpaired) electrons. The topological polar surface area (TPSA) is 58.4 Å². The van der Waals surface area contributed by atoms with E-state index in [9.17, 15) is 4.79 Å². The van der Waals surface area contributed by atoms with Gasteiger partial charge in [-0.15, -0.1) is 0 Å². The molecule has 0 aromatic heterocycles. The molecule has 0 aromatic rings. The van der Waals surface area contributed by atoms with Crippen LogP contribution in [0.25, 0.3) is 0 Å². The SMILES string of the molecule is CCC(C)[C@H](N)C(=O)NC1CCN(C2CC2)C1. The summed E-state index contributed by atoms with van der Waals surface area (Å²) in [4.78, 5) is 14.4. The number of amides is 1. The van der Waals surface area contributed by atoms with Crippen molar-refractivity contribution in [1.29, 1.82) is 0 Å². The molecule has 2 fully saturated rings. The fraction of sp³-hybridized carbons (Fsp3) is 0.923. The number of carbonyl (C=O) groups is 1. The van der Waals surface area contributed by atoms with Gasteiger partial charge in [-0.05, 0) is 25.2 Å². The van der Waals surface area contributed by atoms with Crippen LogP contribution in [0.4, 0.5) is 0 Å². The highest BCUT2D eigenvalue weighted by Crippen LogP contribution is 2.29. The summed E-state index contributed by atoms with van der Waals surface area (Å²) in [5.74, 6) is 0.290. The van der Waals surface area contributed by atoms with Crippen molar-refractivity contribution in [2.75, 3.05) is 13.1 Å². The zero-order chi connectivity index (χ0) is 12.4. The molecule has 3 N–H and O–H groups in total. The lowest BCUT2D eigenvalue weighted by atomic mass is 9.99. The number of likely N-dealkylation sites (tertiary alicyclic amines) is 1. The van der Waals surface area contributed by atoms with E-state index in [1.54, 1.807) is 0 Å². The lowest BCUT2D eigenvalue weighted by molar-refractivity contribution is -0.124. The van der Waals surface area contributed by atoms with E-state index in [1.807, 2.05) is 6.92 Å². The van der Waals surface area contributed by atoms with Gasteiger partial charge in [-0.3, -0.25) is 9.69 Å². The minimum atomic E-state index is -0.352. The maximum absolute atomic E-state index is 11.9. The normalized spacial score (nSPS) is 29.0. The zero-order valence-corrected chi connectivity index (χ0v) is 11.0. The average Bonchev–Trinajstić information content (AvgIpc) is 3.08. The van der Waals surface area contributed by atoms with E-state index < -0.39 is 0 Å². The molecule has 1 heterocycles. The molecule has 17 heavy (non-hydrogen) atoms. The van der Waals surface area contributed by atoms with E-state index in [4.69, 9.17) is 5.73 Å². The largest absolute Gasteiger partial charge is 0.351 e. The first-order chi connectivity index (χ1) is 8.11. The average molecular weight is 239 g/mol. The van der Waals surface area contributed by atoms with Crippen LogP contribution in [0.1, 0.15) is 39.5 Å². The molecule has 4 heteroatoms. The lowest BCUT2D eigenvalue weighted by Gasteiger charge is -2.21. The molecule has 2 rings (SSSR count). The minimum Gasteiger partial charge on any atom is -0.351 e. The Kier molecular flexibility index (Phi) is 4.05. The molecule has 98 valence electrons. The summed E-state index contributed by atoms with van der Waals surface area (Å²) in [5.41, 5.74) is 5.93. The standard InChI is InChI=1S/C13H25N3O/c1-3-9(2)12(14)13(17)15-10-6-7-16(8-10)11-4-5-11/h9-12H,3-8,14H2,1-2H3,(H,15,17)/t9?,10?,12-/m0/s1. The minimum absolute atomic E-state index is 0.0296. The van der Waals surface area contributed by atoms with Crippen molar-refractivity contribution in [2.45, 2.75) is 57.7 Å². The van der Waals surface area contributed by atoms with Crippen LogP contribution < -0.4 is 11.1 Å². The number of nitrogens with two attached hydrogens (primary N) is 1. The summed E-state index contributed by atoms with van der Waals surface area (Å²) in [5, 5.41) is 3.10. The predicted molar refractivity (Wildman–Crippen MR) is 68.6 cm³/mol. The van der Waals surface area contributed by atoms with Crippen molar-refractivity contribution in [1.82, 2.24) is 10.2 Å². The summed E-state index contributed by atoms with van der Waals surface area (Å²) in [7, 11) is 0. The van der Waals surface area contributed by atoms with Crippen molar-refractivity contribution in [3.05, 3.63) is 0 Å². The van der Waals surface area contributed by atoms with Gasteiger partial charge in [-0.1, -0.05) is 20.3 Å². The molecule has 2 aliphatic rings. The van der Waals surface area contributed by atoms with E-state index in [-0.39, 0.29) is 17.9 Å². The zero-order valence-electron chi connectivity index (χ0n) is 11.0. The number of nitrogens with zero attached hydrogens (tertiary/aromatic N) is 1. The van der Waals surface area contributed by atoms with E-state index in [0.717, 1.165) is 32.0 Å². The molecule has 1 amide bonds. The van der Waals surface area contributed by atoms with Crippen LogP contribution in [-0.4, -0.2) is 42.0 Å². The second kappa shape index (κ2) is 5.36. The molecular formula is C13H25N3O. The van der Waals surface area contributed by atoms with Crippen molar-refractivity contribution in [3.63, 3.8) is 0 Å². The number of rotatable bonds is 5. The van der Waals surface area contributed by atoms with Crippen LogP contribution in [0.2, 0.25) is 0 Å². The molecule has 2 unspecified atom stereocenters. The highest BCUT2D eigenvalue weighted by atomic mass is 16.2. The molecule has 1 aliphatic heterocycles. The molecule has 1 saturated heterocycles. The van der Waals surface area contributed by atoms with Gasteiger partial charge in [0, 0.05) is 25.2 Å². The van der Waals surface area contributed by atoms with Gasteiger partial charge in [0.05, 0.1) is 6.04 Å². The van der Waals surface area contributed by atoms with Gasteiger partial charge in [0.25, 0.3) is 0 Å². The number of hydrogen-bond donors (Lipinski definition) is 2. The predicted octanol–water partition coefficient (Wildman–Crippen LogP) is 0.713. The van der Waals surface area contributed by atoms with Gasteiger partial charge < -0.3 is 11.1 Å². The van der Waals surface area contributed by atoms with Gasteiger partial charge >= 0.3 is 0 Å². The summed E-state index contributed by atoms with van der Waals surface area (Å²) in [6, 6.07) is 0.772. The Morgan fingerprint density at radius 2 is 2.18 bits per heavy atom. The van der Waals surface area contributed by atoms with E-state index in [0.29, 0.717) is 6.04 Å². The van der Waals surface area contributed by atoms with Gasteiger partial charge in [0.15, 0.2) is 0 Å². The number of nitrogens with one attached hydrogen (secondary N) is 1. The van der Waals surface area contributed by atoms with Crippen molar-refractivity contribution >= 4 is 5.91 Å². The van der Waals surface area contributed by atoms with Gasteiger partial charge in [-0.2, -0.15) is 0 Å². The summed E-state index contributed by atoms with van der Waals surface area (Å²) >= 11 is 0. The first-order valence-electron chi connectivity index (χ1n) is 6.91. The van der Waals surface area contributed by atoms with Crippen LogP contribution in [-0.2, 0) is 4.79 Å². The smallest absolute Gasteiger partial charge is 0.237 e. The molecule has 1 saturated carbocycles. The Morgan fingerprint density at radius 1 is 1.47 bits per heavy atom. The maximum Gasteiger partial charge on any atom is 0.237 e. The van der Waals surface area contributed by atoms with Crippen molar-refractivity contribution in [2.24, 2.45) is 11.7 Å². The fourth-order valence-electron chi connectivity index (χ4n) is 2.49. The van der Waals surface area contributed by atoms with E-state index in [2.05, 4.69) is 17.1 Å². The molecule has 0 bridgehead atoms. The Bertz CT molecular complexity index is 278. The van der Waals surface area contributed by atoms with Crippen molar-refractivity contribution < 1.29 is 4.79 Å². The first-order valence-corrected chi connectivity index (χ1v) is 6.91. The number of carbonyl (C=O) groups excluding carboxylic acids is 1. The Morgan fingerprint density at radius 3 is 2.76 bits per heavy atom. The molecule has 4 nitrogen and oxygen atoms in total. The Hall–Kier alpha value is -0.610. The van der Waals surface area contributed by atoms with Gasteiger partial charge in [0.2, 0.25) is 5.91 Å². The lowest BCUT2D eigenvalue weighted by Crippen LogP contribution is -2.49.